The zero-order valence-corrected chi connectivity index (χ0v) is 17.0. The molecule has 0 radical (unpaired) electrons. The topological polar surface area (TPSA) is 48.5 Å². The molecule has 5 nitrogen and oxygen atoms in total. The third-order valence-electron chi connectivity index (χ3n) is 5.85. The first-order chi connectivity index (χ1) is 14.3. The average Bonchev–Trinajstić information content (AvgIpc) is 3.28. The number of carbonyl (C=O) groups excluding carboxylic acids is 1. The van der Waals surface area contributed by atoms with E-state index in [9.17, 15) is 4.79 Å². The molecule has 2 heterocycles. The van der Waals surface area contributed by atoms with E-state index in [0.29, 0.717) is 11.6 Å². The van der Waals surface area contributed by atoms with E-state index in [1.165, 1.54) is 31.2 Å². The highest BCUT2D eigenvalue weighted by molar-refractivity contribution is 5.94. The molecule has 1 saturated heterocycles. The quantitative estimate of drug-likeness (QED) is 0.813. The van der Waals surface area contributed by atoms with Crippen LogP contribution in [0.3, 0.4) is 0 Å². The van der Waals surface area contributed by atoms with Gasteiger partial charge in [-0.3, -0.25) is 9.69 Å². The second-order valence-corrected chi connectivity index (χ2v) is 7.96. The Kier molecular flexibility index (Phi) is 6.57. The van der Waals surface area contributed by atoms with Crippen LogP contribution in [0.5, 0.6) is 0 Å². The van der Waals surface area contributed by atoms with Crippen molar-refractivity contribution >= 4 is 17.8 Å². The molecule has 0 bridgehead atoms. The number of amides is 1. The van der Waals surface area contributed by atoms with Crippen LogP contribution in [-0.2, 0) is 0 Å². The number of pyridine rings is 1. The van der Waals surface area contributed by atoms with Crippen molar-refractivity contribution in [3.63, 3.8) is 0 Å². The van der Waals surface area contributed by atoms with Crippen molar-refractivity contribution in [2.24, 2.45) is 0 Å². The van der Waals surface area contributed by atoms with Crippen molar-refractivity contribution in [1.82, 2.24) is 14.8 Å². The van der Waals surface area contributed by atoms with Gasteiger partial charge in [0, 0.05) is 45.0 Å². The Morgan fingerprint density at radius 3 is 2.48 bits per heavy atom. The van der Waals surface area contributed by atoms with Gasteiger partial charge in [-0.05, 0) is 30.5 Å². The highest BCUT2D eigenvalue weighted by Gasteiger charge is 2.22. The summed E-state index contributed by atoms with van der Waals surface area (Å²) in [6.45, 7) is 4.25. The Bertz CT molecular complexity index is 805. The molecule has 1 aromatic heterocycles. The second-order valence-electron chi connectivity index (χ2n) is 7.96. The maximum Gasteiger partial charge on any atom is 0.255 e. The van der Waals surface area contributed by atoms with Gasteiger partial charge < -0.3 is 10.2 Å². The molecule has 1 aliphatic carbocycles. The molecule has 152 valence electrons. The molecule has 2 aliphatic rings. The lowest BCUT2D eigenvalue weighted by molar-refractivity contribution is 0.0650. The molecule has 1 N–H and O–H groups in total. The molecule has 1 saturated carbocycles. The van der Waals surface area contributed by atoms with Crippen molar-refractivity contribution in [1.29, 1.82) is 0 Å². The molecule has 29 heavy (non-hydrogen) atoms. The maximum atomic E-state index is 12.8. The van der Waals surface area contributed by atoms with Gasteiger partial charge in [-0.1, -0.05) is 55.3 Å². The van der Waals surface area contributed by atoms with E-state index in [-0.39, 0.29) is 5.91 Å². The lowest BCUT2D eigenvalue weighted by Crippen LogP contribution is -2.48. The lowest BCUT2D eigenvalue weighted by Gasteiger charge is -2.34. The predicted molar refractivity (Wildman–Crippen MR) is 118 cm³/mol. The van der Waals surface area contributed by atoms with E-state index < -0.39 is 0 Å². The number of aromatic nitrogens is 1. The lowest BCUT2D eigenvalue weighted by atomic mass is 10.2. The summed E-state index contributed by atoms with van der Waals surface area (Å²) in [5, 5.41) is 3.47. The summed E-state index contributed by atoms with van der Waals surface area (Å²) in [4.78, 5) is 21.6. The smallest absolute Gasteiger partial charge is 0.255 e. The van der Waals surface area contributed by atoms with Crippen molar-refractivity contribution in [2.45, 2.75) is 31.7 Å². The molecule has 0 atom stereocenters. The summed E-state index contributed by atoms with van der Waals surface area (Å²) >= 11 is 0. The number of nitrogens with one attached hydrogen (secondary N) is 1. The minimum absolute atomic E-state index is 0.0874. The summed E-state index contributed by atoms with van der Waals surface area (Å²) < 4.78 is 0. The summed E-state index contributed by atoms with van der Waals surface area (Å²) in [6.07, 6.45) is 11.1. The largest absolute Gasteiger partial charge is 0.367 e. The van der Waals surface area contributed by atoms with Gasteiger partial charge in [0.1, 0.15) is 5.82 Å². The molecule has 2 aromatic rings. The number of nitrogens with zero attached hydrogens (tertiary/aromatic N) is 3. The van der Waals surface area contributed by atoms with Crippen molar-refractivity contribution in [2.75, 3.05) is 38.0 Å². The molecule has 1 aliphatic heterocycles. The van der Waals surface area contributed by atoms with E-state index in [1.54, 1.807) is 6.20 Å². The number of anilines is 1. The van der Waals surface area contributed by atoms with Crippen LogP contribution in [0.25, 0.3) is 6.08 Å². The molecule has 5 heteroatoms. The first kappa shape index (κ1) is 19.6. The maximum absolute atomic E-state index is 12.8. The minimum Gasteiger partial charge on any atom is -0.367 e. The van der Waals surface area contributed by atoms with E-state index >= 15 is 0 Å². The summed E-state index contributed by atoms with van der Waals surface area (Å²) in [7, 11) is 0. The normalized spacial score (nSPS) is 18.4. The summed E-state index contributed by atoms with van der Waals surface area (Å²) in [5.41, 5.74) is 1.90. The average molecular weight is 391 g/mol. The third-order valence-corrected chi connectivity index (χ3v) is 5.85. The van der Waals surface area contributed by atoms with Gasteiger partial charge in [-0.15, -0.1) is 0 Å². The molecule has 0 unspecified atom stereocenters. The number of carbonyl (C=O) groups is 1. The third kappa shape index (κ3) is 5.45. The van der Waals surface area contributed by atoms with E-state index in [1.807, 2.05) is 23.1 Å². The Labute approximate surface area is 173 Å². The summed E-state index contributed by atoms with van der Waals surface area (Å²) in [5.74, 6) is 0.966. The van der Waals surface area contributed by atoms with Gasteiger partial charge in [0.2, 0.25) is 0 Å². The van der Waals surface area contributed by atoms with Crippen LogP contribution < -0.4 is 5.32 Å². The van der Waals surface area contributed by atoms with E-state index in [2.05, 4.69) is 51.6 Å². The predicted octanol–water partition coefficient (Wildman–Crippen LogP) is 3.91. The zero-order valence-electron chi connectivity index (χ0n) is 17.0. The fourth-order valence-corrected chi connectivity index (χ4v) is 4.10. The molecular formula is C24H30N4O. The first-order valence-electron chi connectivity index (χ1n) is 10.7. The van der Waals surface area contributed by atoms with Crippen LogP contribution in [0, 0.1) is 0 Å². The van der Waals surface area contributed by atoms with Crippen LogP contribution in [0.15, 0.2) is 54.7 Å². The monoisotopic (exact) mass is 390 g/mol. The van der Waals surface area contributed by atoms with E-state index in [4.69, 9.17) is 0 Å². The van der Waals surface area contributed by atoms with Gasteiger partial charge in [0.15, 0.2) is 0 Å². The number of hydrogen-bond acceptors (Lipinski definition) is 4. The van der Waals surface area contributed by atoms with Crippen LogP contribution in [0.2, 0.25) is 0 Å². The number of piperazine rings is 1. The Hall–Kier alpha value is -2.66. The van der Waals surface area contributed by atoms with Gasteiger partial charge in [0.05, 0.1) is 5.56 Å². The second kappa shape index (κ2) is 9.70. The Morgan fingerprint density at radius 1 is 1.03 bits per heavy atom. The van der Waals surface area contributed by atoms with Crippen LogP contribution in [0.4, 0.5) is 5.82 Å². The highest BCUT2D eigenvalue weighted by Crippen LogP contribution is 2.21. The number of benzene rings is 1. The SMILES string of the molecule is O=C(c1ccc(NC2CCCC2)nc1)N1CCN(C/C=C/c2ccccc2)CC1. The van der Waals surface area contributed by atoms with Gasteiger partial charge >= 0.3 is 0 Å². The van der Waals surface area contributed by atoms with Gasteiger partial charge in [0.25, 0.3) is 5.91 Å². The molecule has 4 rings (SSSR count). The Morgan fingerprint density at radius 2 is 1.79 bits per heavy atom. The van der Waals surface area contributed by atoms with Crippen molar-refractivity contribution < 1.29 is 4.79 Å². The number of rotatable bonds is 6. The van der Waals surface area contributed by atoms with Crippen LogP contribution in [-0.4, -0.2) is 59.5 Å². The van der Waals surface area contributed by atoms with E-state index in [0.717, 1.165) is 38.5 Å². The fourth-order valence-electron chi connectivity index (χ4n) is 4.10. The van der Waals surface area contributed by atoms with Crippen molar-refractivity contribution in [3.8, 4) is 0 Å². The number of hydrogen-bond donors (Lipinski definition) is 1. The first-order valence-corrected chi connectivity index (χ1v) is 10.7. The Balaban J connectivity index is 1.23. The minimum atomic E-state index is 0.0874. The standard InChI is InChI=1S/C24H30N4O/c29-24(21-12-13-23(25-19-21)26-22-10-4-5-11-22)28-17-15-27(16-18-28)14-6-9-20-7-2-1-3-8-20/h1-3,6-9,12-13,19,22H,4-5,10-11,14-18H2,(H,25,26)/b9-6+. The van der Waals surface area contributed by atoms with Crippen molar-refractivity contribution in [3.05, 3.63) is 65.9 Å². The van der Waals surface area contributed by atoms with Gasteiger partial charge in [-0.25, -0.2) is 4.98 Å². The molecule has 2 fully saturated rings. The van der Waals surface area contributed by atoms with Gasteiger partial charge in [-0.2, -0.15) is 0 Å². The van der Waals surface area contributed by atoms with Crippen LogP contribution >= 0.6 is 0 Å². The molecule has 1 aromatic carbocycles. The zero-order chi connectivity index (χ0) is 19.9. The highest BCUT2D eigenvalue weighted by atomic mass is 16.2. The molecular weight excluding hydrogens is 360 g/mol. The fraction of sp³-hybridized carbons (Fsp3) is 0.417. The van der Waals surface area contributed by atoms with Crippen LogP contribution in [0.1, 0.15) is 41.6 Å². The molecule has 1 amide bonds. The molecule has 0 spiro atoms. The summed E-state index contributed by atoms with van der Waals surface area (Å²) in [6, 6.07) is 14.7.